The first-order valence-corrected chi connectivity index (χ1v) is 5.83. The summed E-state index contributed by atoms with van der Waals surface area (Å²) in [4.78, 5) is 11.0. The van der Waals surface area contributed by atoms with Gasteiger partial charge in [-0.1, -0.05) is 31.5 Å². The van der Waals surface area contributed by atoms with Crippen LogP contribution in [0.1, 0.15) is 38.3 Å². The Morgan fingerprint density at radius 1 is 1.41 bits per heavy atom. The number of phenols is 1. The molecule has 0 aromatic heterocycles. The van der Waals surface area contributed by atoms with Gasteiger partial charge in [-0.15, -0.1) is 0 Å². The average Bonchev–Trinajstić information content (AvgIpc) is 2.28. The Kier molecular flexibility index (Phi) is 4.97. The lowest BCUT2D eigenvalue weighted by Crippen LogP contribution is -2.38. The highest BCUT2D eigenvalue weighted by atomic mass is 16.4. The van der Waals surface area contributed by atoms with Crippen LogP contribution in [0.25, 0.3) is 0 Å². The minimum atomic E-state index is -0.853. The van der Waals surface area contributed by atoms with Gasteiger partial charge in [-0.25, -0.2) is 0 Å². The van der Waals surface area contributed by atoms with E-state index in [4.69, 9.17) is 5.11 Å². The zero-order valence-corrected chi connectivity index (χ0v) is 10.2. The second-order valence-electron chi connectivity index (χ2n) is 4.13. The van der Waals surface area contributed by atoms with Crippen molar-refractivity contribution in [3.8, 4) is 5.75 Å². The molecule has 0 heterocycles. The molecular weight excluding hydrogens is 218 g/mol. The molecule has 17 heavy (non-hydrogen) atoms. The zero-order chi connectivity index (χ0) is 12.8. The second kappa shape index (κ2) is 6.25. The van der Waals surface area contributed by atoms with Crippen molar-refractivity contribution in [2.45, 2.75) is 38.8 Å². The van der Waals surface area contributed by atoms with Crippen molar-refractivity contribution in [3.63, 3.8) is 0 Å². The Labute approximate surface area is 101 Å². The van der Waals surface area contributed by atoms with Gasteiger partial charge in [0.2, 0.25) is 0 Å². The average molecular weight is 237 g/mol. The second-order valence-corrected chi connectivity index (χ2v) is 4.13. The Morgan fingerprint density at radius 2 is 2.06 bits per heavy atom. The van der Waals surface area contributed by atoms with Crippen molar-refractivity contribution >= 4 is 5.97 Å². The van der Waals surface area contributed by atoms with Crippen LogP contribution >= 0.6 is 0 Å². The molecule has 0 saturated heterocycles. The van der Waals surface area contributed by atoms with Gasteiger partial charge in [-0.05, 0) is 19.4 Å². The molecule has 0 saturated carbocycles. The molecule has 1 aromatic rings. The molecule has 4 heteroatoms. The van der Waals surface area contributed by atoms with Crippen molar-refractivity contribution in [2.24, 2.45) is 0 Å². The molecule has 3 N–H and O–H groups in total. The summed E-state index contributed by atoms with van der Waals surface area (Å²) in [7, 11) is 0. The molecule has 0 aliphatic rings. The van der Waals surface area contributed by atoms with Crippen LogP contribution in [0.2, 0.25) is 0 Å². The van der Waals surface area contributed by atoms with Gasteiger partial charge >= 0.3 is 5.97 Å². The van der Waals surface area contributed by atoms with Gasteiger partial charge in [-0.2, -0.15) is 0 Å². The number of carbonyl (C=O) groups is 1. The fraction of sp³-hybridized carbons (Fsp3) is 0.462. The topological polar surface area (TPSA) is 69.6 Å². The number of rotatable bonds is 6. The molecule has 94 valence electrons. The highest BCUT2D eigenvalue weighted by Crippen LogP contribution is 2.23. The smallest absolute Gasteiger partial charge is 0.320 e. The van der Waals surface area contributed by atoms with Crippen molar-refractivity contribution in [1.82, 2.24) is 5.32 Å². The number of aromatic hydroxyl groups is 1. The van der Waals surface area contributed by atoms with E-state index in [1.165, 1.54) is 0 Å². The molecule has 0 aliphatic carbocycles. The summed E-state index contributed by atoms with van der Waals surface area (Å²) in [5, 5.41) is 21.7. The van der Waals surface area contributed by atoms with Crippen molar-refractivity contribution < 1.29 is 15.0 Å². The molecule has 4 nitrogen and oxygen atoms in total. The maximum atomic E-state index is 11.0. The highest BCUT2D eigenvalue weighted by Gasteiger charge is 2.20. The predicted molar refractivity (Wildman–Crippen MR) is 66.0 cm³/mol. The summed E-state index contributed by atoms with van der Waals surface area (Å²) >= 11 is 0. The van der Waals surface area contributed by atoms with E-state index in [-0.39, 0.29) is 11.8 Å². The van der Waals surface area contributed by atoms with E-state index in [9.17, 15) is 9.90 Å². The number of benzene rings is 1. The number of para-hydroxylation sites is 1. The monoisotopic (exact) mass is 237 g/mol. The van der Waals surface area contributed by atoms with Gasteiger partial charge in [-0.3, -0.25) is 10.1 Å². The summed E-state index contributed by atoms with van der Waals surface area (Å²) in [5.74, 6) is -0.665. The summed E-state index contributed by atoms with van der Waals surface area (Å²) in [6.45, 7) is 3.79. The van der Waals surface area contributed by atoms with Crippen molar-refractivity contribution in [2.75, 3.05) is 0 Å². The van der Waals surface area contributed by atoms with Crippen LogP contribution in [-0.4, -0.2) is 22.2 Å². The third-order valence-corrected chi connectivity index (χ3v) is 2.73. The summed E-state index contributed by atoms with van der Waals surface area (Å²) < 4.78 is 0. The Hall–Kier alpha value is -1.55. The van der Waals surface area contributed by atoms with Gasteiger partial charge in [0.05, 0.1) is 0 Å². The van der Waals surface area contributed by atoms with Crippen LogP contribution in [0.5, 0.6) is 5.75 Å². The number of carboxylic acids is 1. The fourth-order valence-electron chi connectivity index (χ4n) is 1.81. The van der Waals surface area contributed by atoms with Gasteiger partial charge in [0.15, 0.2) is 0 Å². The first kappa shape index (κ1) is 13.5. The van der Waals surface area contributed by atoms with Crippen LogP contribution in [0, 0.1) is 0 Å². The quantitative estimate of drug-likeness (QED) is 0.710. The Bertz CT molecular complexity index is 379. The Morgan fingerprint density at radius 3 is 2.59 bits per heavy atom. The lowest BCUT2D eigenvalue weighted by molar-refractivity contribution is -0.139. The molecule has 1 aromatic carbocycles. The molecular formula is C13H19NO3. The maximum absolute atomic E-state index is 11.0. The first-order valence-electron chi connectivity index (χ1n) is 5.83. The number of phenolic OH excluding ortho intramolecular Hbond substituents is 1. The van der Waals surface area contributed by atoms with E-state index in [0.29, 0.717) is 6.42 Å². The summed E-state index contributed by atoms with van der Waals surface area (Å²) in [6.07, 6.45) is 1.38. The molecule has 0 aliphatic heterocycles. The van der Waals surface area contributed by atoms with Crippen LogP contribution in [0.15, 0.2) is 24.3 Å². The largest absolute Gasteiger partial charge is 0.508 e. The van der Waals surface area contributed by atoms with E-state index in [1.807, 2.05) is 19.9 Å². The van der Waals surface area contributed by atoms with E-state index < -0.39 is 12.0 Å². The maximum Gasteiger partial charge on any atom is 0.320 e. The SMILES string of the molecule is CCCC(NC(C)c1ccccc1O)C(=O)O. The molecule has 2 atom stereocenters. The minimum absolute atomic E-state index is 0.188. The van der Waals surface area contributed by atoms with Crippen LogP contribution < -0.4 is 5.32 Å². The first-order chi connectivity index (χ1) is 8.06. The van der Waals surface area contributed by atoms with E-state index >= 15 is 0 Å². The number of nitrogens with one attached hydrogen (secondary N) is 1. The van der Waals surface area contributed by atoms with Crippen LogP contribution in [-0.2, 0) is 4.79 Å². The number of hydrogen-bond acceptors (Lipinski definition) is 3. The van der Waals surface area contributed by atoms with Crippen molar-refractivity contribution in [1.29, 1.82) is 0 Å². The minimum Gasteiger partial charge on any atom is -0.508 e. The molecule has 0 radical (unpaired) electrons. The molecule has 2 unspecified atom stereocenters. The lowest BCUT2D eigenvalue weighted by Gasteiger charge is -2.20. The van der Waals surface area contributed by atoms with Crippen LogP contribution in [0.3, 0.4) is 0 Å². The molecule has 0 bridgehead atoms. The molecule has 1 rings (SSSR count). The van der Waals surface area contributed by atoms with Crippen LogP contribution in [0.4, 0.5) is 0 Å². The zero-order valence-electron chi connectivity index (χ0n) is 10.2. The van der Waals surface area contributed by atoms with E-state index in [2.05, 4.69) is 5.32 Å². The number of hydrogen-bond donors (Lipinski definition) is 3. The fourth-order valence-corrected chi connectivity index (χ4v) is 1.81. The highest BCUT2D eigenvalue weighted by molar-refractivity contribution is 5.73. The normalized spacial score (nSPS) is 14.2. The van der Waals surface area contributed by atoms with Crippen molar-refractivity contribution in [3.05, 3.63) is 29.8 Å². The van der Waals surface area contributed by atoms with E-state index in [0.717, 1.165) is 12.0 Å². The molecule has 0 spiro atoms. The van der Waals surface area contributed by atoms with E-state index in [1.54, 1.807) is 18.2 Å². The Balaban J connectivity index is 2.73. The summed E-state index contributed by atoms with van der Waals surface area (Å²) in [5.41, 5.74) is 0.717. The van der Waals surface area contributed by atoms with Gasteiger partial charge in [0.25, 0.3) is 0 Å². The van der Waals surface area contributed by atoms with Gasteiger partial charge in [0.1, 0.15) is 11.8 Å². The third-order valence-electron chi connectivity index (χ3n) is 2.73. The lowest BCUT2D eigenvalue weighted by atomic mass is 10.0. The predicted octanol–water partition coefficient (Wildman–Crippen LogP) is 2.30. The standard InChI is InChI=1S/C13H19NO3/c1-3-6-11(13(16)17)14-9(2)10-7-4-5-8-12(10)15/h4-5,7-9,11,14-15H,3,6H2,1-2H3,(H,16,17). The summed E-state index contributed by atoms with van der Waals surface area (Å²) in [6, 6.07) is 6.19. The third kappa shape index (κ3) is 3.75. The number of aliphatic carboxylic acids is 1. The van der Waals surface area contributed by atoms with Gasteiger partial charge < -0.3 is 10.2 Å². The molecule has 0 fully saturated rings. The number of carboxylic acid groups (broad SMARTS) is 1. The molecule has 0 amide bonds. The van der Waals surface area contributed by atoms with Gasteiger partial charge in [0, 0.05) is 11.6 Å².